The smallest absolute Gasteiger partial charge is 0.248 e. The molecule has 0 unspecified atom stereocenters. The lowest BCUT2D eigenvalue weighted by molar-refractivity contribution is -0.111. The van der Waals surface area contributed by atoms with Crippen molar-refractivity contribution >= 4 is 23.2 Å². The van der Waals surface area contributed by atoms with E-state index in [-0.39, 0.29) is 5.91 Å². The maximum atomic E-state index is 12.4. The molecular weight excluding hydrogens is 386 g/mol. The lowest BCUT2D eigenvalue weighted by Gasteiger charge is -2.21. The summed E-state index contributed by atoms with van der Waals surface area (Å²) in [7, 11) is 0. The predicted molar refractivity (Wildman–Crippen MR) is 130 cm³/mol. The molecule has 0 fully saturated rings. The van der Waals surface area contributed by atoms with Crippen LogP contribution in [0.5, 0.6) is 0 Å². The molecule has 31 heavy (non-hydrogen) atoms. The standard InChI is InChI=1S/C25H35N5O/c1-4-30(14-12-19(2)3)18-20-5-8-23(9-6-20)29-25(31)10-7-21-17-28-13-11-24(21)22(15-26)16-27/h5-11,13,15,17,19H,4,12,14,16,18,26-27H2,1-3H3,(H,29,31)/b10-7+,22-15+. The molecule has 0 saturated carbocycles. The third-order valence-electron chi connectivity index (χ3n) is 5.13. The molecule has 1 aromatic carbocycles. The SMILES string of the molecule is CCN(CCC(C)C)Cc1ccc(NC(=O)/C=C/c2cnccc2/C(=C/N)CN)cc1. The lowest BCUT2D eigenvalue weighted by atomic mass is 10.0. The lowest BCUT2D eigenvalue weighted by Crippen LogP contribution is -2.25. The van der Waals surface area contributed by atoms with Crippen molar-refractivity contribution in [3.8, 4) is 0 Å². The molecule has 0 aliphatic heterocycles. The normalized spacial score (nSPS) is 12.1. The summed E-state index contributed by atoms with van der Waals surface area (Å²) in [6, 6.07) is 9.85. The summed E-state index contributed by atoms with van der Waals surface area (Å²) >= 11 is 0. The van der Waals surface area contributed by atoms with E-state index >= 15 is 0 Å². The molecular formula is C25H35N5O. The fraction of sp³-hybridized carbons (Fsp3) is 0.360. The Morgan fingerprint density at radius 3 is 2.58 bits per heavy atom. The highest BCUT2D eigenvalue weighted by Crippen LogP contribution is 2.18. The Morgan fingerprint density at radius 2 is 1.97 bits per heavy atom. The third-order valence-corrected chi connectivity index (χ3v) is 5.13. The van der Waals surface area contributed by atoms with Crippen LogP contribution in [0.3, 0.4) is 0 Å². The molecule has 5 N–H and O–H groups in total. The van der Waals surface area contributed by atoms with Gasteiger partial charge in [0.1, 0.15) is 0 Å². The number of benzene rings is 1. The third kappa shape index (κ3) is 8.00. The summed E-state index contributed by atoms with van der Waals surface area (Å²) in [5.41, 5.74) is 15.9. The van der Waals surface area contributed by atoms with Gasteiger partial charge in [0.05, 0.1) is 0 Å². The van der Waals surface area contributed by atoms with E-state index in [1.54, 1.807) is 18.5 Å². The van der Waals surface area contributed by atoms with E-state index in [2.05, 4.69) is 48.1 Å². The van der Waals surface area contributed by atoms with E-state index in [4.69, 9.17) is 11.5 Å². The number of nitrogens with one attached hydrogen (secondary N) is 1. The molecule has 6 nitrogen and oxygen atoms in total. The van der Waals surface area contributed by atoms with E-state index in [0.29, 0.717) is 12.5 Å². The quantitative estimate of drug-likeness (QED) is 0.479. The molecule has 1 heterocycles. The number of anilines is 1. The fourth-order valence-corrected chi connectivity index (χ4v) is 3.19. The molecule has 0 spiro atoms. The zero-order valence-corrected chi connectivity index (χ0v) is 18.8. The molecule has 166 valence electrons. The average Bonchev–Trinajstić information content (AvgIpc) is 2.78. The van der Waals surface area contributed by atoms with Crippen LogP contribution in [0, 0.1) is 5.92 Å². The predicted octanol–water partition coefficient (Wildman–Crippen LogP) is 3.86. The van der Waals surface area contributed by atoms with Crippen molar-refractivity contribution < 1.29 is 4.79 Å². The van der Waals surface area contributed by atoms with Crippen molar-refractivity contribution in [2.45, 2.75) is 33.7 Å². The first kappa shape index (κ1) is 24.3. The average molecular weight is 422 g/mol. The second-order valence-corrected chi connectivity index (χ2v) is 7.93. The molecule has 2 rings (SSSR count). The van der Waals surface area contributed by atoms with E-state index in [9.17, 15) is 4.79 Å². The molecule has 0 aliphatic rings. The summed E-state index contributed by atoms with van der Waals surface area (Å²) in [5, 5.41) is 2.90. The van der Waals surface area contributed by atoms with Gasteiger partial charge in [-0.1, -0.05) is 32.9 Å². The van der Waals surface area contributed by atoms with Gasteiger partial charge in [0.2, 0.25) is 5.91 Å². The van der Waals surface area contributed by atoms with Crippen molar-refractivity contribution in [2.24, 2.45) is 17.4 Å². The van der Waals surface area contributed by atoms with Crippen LogP contribution in [0.15, 0.2) is 55.0 Å². The Morgan fingerprint density at radius 1 is 1.23 bits per heavy atom. The van der Waals surface area contributed by atoms with Gasteiger partial charge in [0, 0.05) is 42.8 Å². The van der Waals surface area contributed by atoms with Gasteiger partial charge in [-0.15, -0.1) is 0 Å². The molecule has 1 amide bonds. The fourth-order valence-electron chi connectivity index (χ4n) is 3.19. The van der Waals surface area contributed by atoms with E-state index in [1.165, 1.54) is 24.3 Å². The number of carbonyl (C=O) groups is 1. The van der Waals surface area contributed by atoms with Crippen LogP contribution in [0.2, 0.25) is 0 Å². The van der Waals surface area contributed by atoms with Gasteiger partial charge in [-0.25, -0.2) is 0 Å². The Hall–Kier alpha value is -2.96. The number of amides is 1. The first-order valence-corrected chi connectivity index (χ1v) is 10.8. The van der Waals surface area contributed by atoms with Gasteiger partial charge in [0.25, 0.3) is 0 Å². The Labute approximate surface area is 186 Å². The summed E-state index contributed by atoms with van der Waals surface area (Å²) < 4.78 is 0. The van der Waals surface area contributed by atoms with Crippen LogP contribution in [-0.2, 0) is 11.3 Å². The van der Waals surface area contributed by atoms with Crippen LogP contribution in [0.4, 0.5) is 5.69 Å². The van der Waals surface area contributed by atoms with E-state index < -0.39 is 0 Å². The number of rotatable bonds is 11. The van der Waals surface area contributed by atoms with Gasteiger partial charge in [-0.3, -0.25) is 14.7 Å². The van der Waals surface area contributed by atoms with Crippen LogP contribution in [0.25, 0.3) is 11.6 Å². The first-order chi connectivity index (χ1) is 15.0. The van der Waals surface area contributed by atoms with Crippen LogP contribution in [0.1, 0.15) is 43.9 Å². The summed E-state index contributed by atoms with van der Waals surface area (Å²) in [6.45, 7) is 10.0. The van der Waals surface area contributed by atoms with Gasteiger partial charge < -0.3 is 16.8 Å². The highest BCUT2D eigenvalue weighted by atomic mass is 16.1. The number of hydrogen-bond donors (Lipinski definition) is 3. The minimum Gasteiger partial charge on any atom is -0.404 e. The molecule has 1 aromatic heterocycles. The second-order valence-electron chi connectivity index (χ2n) is 7.93. The van der Waals surface area contributed by atoms with Crippen LogP contribution < -0.4 is 16.8 Å². The van der Waals surface area contributed by atoms with Crippen LogP contribution in [-0.4, -0.2) is 35.4 Å². The molecule has 6 heteroatoms. The molecule has 0 aliphatic carbocycles. The van der Waals surface area contributed by atoms with E-state index in [0.717, 1.165) is 42.0 Å². The number of hydrogen-bond acceptors (Lipinski definition) is 5. The van der Waals surface area contributed by atoms with Gasteiger partial charge in [-0.2, -0.15) is 0 Å². The van der Waals surface area contributed by atoms with Crippen molar-refractivity contribution in [1.29, 1.82) is 0 Å². The number of aromatic nitrogens is 1. The molecule has 0 bridgehead atoms. The van der Waals surface area contributed by atoms with E-state index in [1.807, 2.05) is 18.2 Å². The molecule has 0 radical (unpaired) electrons. The van der Waals surface area contributed by atoms with Crippen molar-refractivity contribution in [3.05, 3.63) is 71.7 Å². The summed E-state index contributed by atoms with van der Waals surface area (Å²) in [5.74, 6) is 0.497. The molecule has 0 atom stereocenters. The number of carbonyl (C=O) groups excluding carboxylic acids is 1. The Kier molecular flexibility index (Phi) is 9.94. The number of nitrogens with zero attached hydrogens (tertiary/aromatic N) is 2. The molecule has 0 saturated heterocycles. The van der Waals surface area contributed by atoms with Crippen LogP contribution >= 0.6 is 0 Å². The topological polar surface area (TPSA) is 97.3 Å². The summed E-state index contributed by atoms with van der Waals surface area (Å²) in [4.78, 5) is 18.9. The minimum atomic E-state index is -0.208. The van der Waals surface area contributed by atoms with Crippen molar-refractivity contribution in [3.63, 3.8) is 0 Å². The molecule has 2 aromatic rings. The highest BCUT2D eigenvalue weighted by Gasteiger charge is 2.07. The van der Waals surface area contributed by atoms with Gasteiger partial charge >= 0.3 is 0 Å². The Balaban J connectivity index is 1.98. The number of nitrogens with two attached hydrogens (primary N) is 2. The largest absolute Gasteiger partial charge is 0.404 e. The zero-order valence-electron chi connectivity index (χ0n) is 18.8. The zero-order chi connectivity index (χ0) is 22.6. The van der Waals surface area contributed by atoms with Crippen molar-refractivity contribution in [1.82, 2.24) is 9.88 Å². The second kappa shape index (κ2) is 12.7. The van der Waals surface area contributed by atoms with Crippen molar-refractivity contribution in [2.75, 3.05) is 25.0 Å². The first-order valence-electron chi connectivity index (χ1n) is 10.8. The van der Waals surface area contributed by atoms with Gasteiger partial charge in [0.15, 0.2) is 0 Å². The van der Waals surface area contributed by atoms with Gasteiger partial charge in [-0.05, 0) is 72.6 Å². The summed E-state index contributed by atoms with van der Waals surface area (Å²) in [6.07, 6.45) is 9.25. The maximum Gasteiger partial charge on any atom is 0.248 e. The minimum absolute atomic E-state index is 0.208. The monoisotopic (exact) mass is 421 g/mol. The number of pyridine rings is 1. The maximum absolute atomic E-state index is 12.4. The Bertz CT molecular complexity index is 887. The highest BCUT2D eigenvalue weighted by molar-refractivity contribution is 6.02.